The van der Waals surface area contributed by atoms with Crippen LogP contribution in [0, 0.1) is 6.92 Å². The summed E-state index contributed by atoms with van der Waals surface area (Å²) in [5.74, 6) is 0.821. The number of hydrogen-bond donors (Lipinski definition) is 1. The number of fused-ring (bicyclic) bond motifs is 1. The Morgan fingerprint density at radius 3 is 2.83 bits per heavy atom. The van der Waals surface area contributed by atoms with Crippen molar-refractivity contribution in [3.63, 3.8) is 0 Å². The van der Waals surface area contributed by atoms with Gasteiger partial charge in [0.15, 0.2) is 0 Å². The summed E-state index contributed by atoms with van der Waals surface area (Å²) in [5, 5.41) is 6.86. The van der Waals surface area contributed by atoms with Gasteiger partial charge in [0.05, 0.1) is 24.9 Å². The summed E-state index contributed by atoms with van der Waals surface area (Å²) >= 11 is 0. The molecule has 0 saturated carbocycles. The van der Waals surface area contributed by atoms with E-state index in [0.717, 1.165) is 30.6 Å². The molecule has 3 heterocycles. The Labute approximate surface area is 140 Å². The number of aryl methyl sites for hydroxylation is 1. The highest BCUT2D eigenvalue weighted by molar-refractivity contribution is 5.91. The van der Waals surface area contributed by atoms with Crippen LogP contribution in [0.3, 0.4) is 0 Å². The van der Waals surface area contributed by atoms with Crippen molar-refractivity contribution >= 4 is 5.91 Å². The van der Waals surface area contributed by atoms with Gasteiger partial charge in [-0.3, -0.25) is 4.79 Å². The molecule has 2 aromatic rings. The second-order valence-corrected chi connectivity index (χ2v) is 6.50. The maximum absolute atomic E-state index is 12.5. The first-order valence-electron chi connectivity index (χ1n) is 8.25. The average molecular weight is 328 g/mol. The number of ether oxygens (including phenoxy) is 2. The Morgan fingerprint density at radius 2 is 2.08 bits per heavy atom. The molecule has 0 radical (unpaired) electrons. The van der Waals surface area contributed by atoms with Crippen molar-refractivity contribution in [2.24, 2.45) is 0 Å². The minimum atomic E-state index is -0.276. The molecule has 1 N–H and O–H groups in total. The SMILES string of the molecule is Cc1cc(C(=O)NC2CC3(CCOCC3)Oc3ccccc32)on1. The average Bonchev–Trinajstić information content (AvgIpc) is 3.02. The van der Waals surface area contributed by atoms with Crippen molar-refractivity contribution in [2.45, 2.75) is 37.8 Å². The van der Waals surface area contributed by atoms with Crippen LogP contribution in [0.5, 0.6) is 5.75 Å². The van der Waals surface area contributed by atoms with Gasteiger partial charge in [0.1, 0.15) is 11.4 Å². The van der Waals surface area contributed by atoms with Crippen molar-refractivity contribution in [1.82, 2.24) is 10.5 Å². The summed E-state index contributed by atoms with van der Waals surface area (Å²) in [4.78, 5) is 12.5. The van der Waals surface area contributed by atoms with Gasteiger partial charge < -0.3 is 19.3 Å². The van der Waals surface area contributed by atoms with Gasteiger partial charge in [0, 0.05) is 30.9 Å². The normalized spacial score (nSPS) is 21.8. The molecule has 1 fully saturated rings. The molecule has 24 heavy (non-hydrogen) atoms. The van der Waals surface area contributed by atoms with Gasteiger partial charge in [0.2, 0.25) is 5.76 Å². The molecule has 1 saturated heterocycles. The smallest absolute Gasteiger partial charge is 0.290 e. The Morgan fingerprint density at radius 1 is 1.29 bits per heavy atom. The summed E-state index contributed by atoms with van der Waals surface area (Å²) in [7, 11) is 0. The number of carbonyl (C=O) groups is 1. The highest BCUT2D eigenvalue weighted by Crippen LogP contribution is 2.43. The zero-order valence-corrected chi connectivity index (χ0v) is 13.6. The van der Waals surface area contributed by atoms with Crippen LogP contribution in [0.15, 0.2) is 34.9 Å². The van der Waals surface area contributed by atoms with Gasteiger partial charge in [-0.05, 0) is 13.0 Å². The Bertz CT molecular complexity index is 749. The lowest BCUT2D eigenvalue weighted by atomic mass is 9.82. The van der Waals surface area contributed by atoms with Crippen molar-refractivity contribution in [2.75, 3.05) is 13.2 Å². The lowest BCUT2D eigenvalue weighted by Crippen LogP contribution is -2.48. The predicted octanol–water partition coefficient (Wildman–Crippen LogP) is 2.79. The molecule has 6 nitrogen and oxygen atoms in total. The number of hydrogen-bond acceptors (Lipinski definition) is 5. The van der Waals surface area contributed by atoms with Gasteiger partial charge in [-0.15, -0.1) is 0 Å². The summed E-state index contributed by atoms with van der Waals surface area (Å²) < 4.78 is 16.9. The highest BCUT2D eigenvalue weighted by atomic mass is 16.5. The van der Waals surface area contributed by atoms with Crippen LogP contribution in [-0.4, -0.2) is 29.9 Å². The third-order valence-electron chi connectivity index (χ3n) is 4.76. The maximum atomic E-state index is 12.5. The molecule has 4 rings (SSSR count). The number of nitrogens with zero attached hydrogens (tertiary/aromatic N) is 1. The molecule has 0 bridgehead atoms. The molecule has 0 aliphatic carbocycles. The van der Waals surface area contributed by atoms with Crippen molar-refractivity contribution in [3.8, 4) is 5.75 Å². The Kier molecular flexibility index (Phi) is 3.76. The number of nitrogens with one attached hydrogen (secondary N) is 1. The van der Waals surface area contributed by atoms with Crippen LogP contribution >= 0.6 is 0 Å². The molecule has 2 aliphatic heterocycles. The van der Waals surface area contributed by atoms with Crippen LogP contribution in [0.1, 0.15) is 47.1 Å². The third-order valence-corrected chi connectivity index (χ3v) is 4.76. The Hall–Kier alpha value is -2.34. The van der Waals surface area contributed by atoms with E-state index in [9.17, 15) is 4.79 Å². The number of para-hydroxylation sites is 1. The molecular weight excluding hydrogens is 308 g/mol. The largest absolute Gasteiger partial charge is 0.487 e. The first-order chi connectivity index (χ1) is 11.7. The van der Waals surface area contributed by atoms with E-state index in [0.29, 0.717) is 18.9 Å². The van der Waals surface area contributed by atoms with Crippen LogP contribution in [0.2, 0.25) is 0 Å². The first-order valence-corrected chi connectivity index (χ1v) is 8.25. The van der Waals surface area contributed by atoms with E-state index in [-0.39, 0.29) is 23.3 Å². The second kappa shape index (κ2) is 5.94. The van der Waals surface area contributed by atoms with Gasteiger partial charge in [0.25, 0.3) is 5.91 Å². The fourth-order valence-electron chi connectivity index (χ4n) is 3.50. The topological polar surface area (TPSA) is 73.6 Å². The standard InChI is InChI=1S/C18H20N2O4/c1-12-10-16(24-20-12)17(21)19-14-11-18(6-8-22-9-7-18)23-15-5-3-2-4-13(14)15/h2-5,10,14H,6-9,11H2,1H3,(H,19,21). The fourth-order valence-corrected chi connectivity index (χ4v) is 3.50. The molecule has 1 unspecified atom stereocenters. The lowest BCUT2D eigenvalue weighted by molar-refractivity contribution is -0.0639. The van der Waals surface area contributed by atoms with E-state index < -0.39 is 0 Å². The summed E-state index contributed by atoms with van der Waals surface area (Å²) in [6, 6.07) is 9.40. The molecular formula is C18H20N2O4. The van der Waals surface area contributed by atoms with Gasteiger partial charge in [-0.25, -0.2) is 0 Å². The van der Waals surface area contributed by atoms with Gasteiger partial charge in [-0.2, -0.15) is 0 Å². The van der Waals surface area contributed by atoms with E-state index in [1.807, 2.05) is 24.3 Å². The Balaban J connectivity index is 1.61. The van der Waals surface area contributed by atoms with E-state index >= 15 is 0 Å². The van der Waals surface area contributed by atoms with Crippen molar-refractivity contribution < 1.29 is 18.8 Å². The quantitative estimate of drug-likeness (QED) is 0.917. The van der Waals surface area contributed by atoms with Crippen LogP contribution in [0.4, 0.5) is 0 Å². The second-order valence-electron chi connectivity index (χ2n) is 6.50. The van der Waals surface area contributed by atoms with Crippen LogP contribution in [0.25, 0.3) is 0 Å². The van der Waals surface area contributed by atoms with Crippen LogP contribution < -0.4 is 10.1 Å². The van der Waals surface area contributed by atoms with Gasteiger partial charge in [-0.1, -0.05) is 23.4 Å². The minimum Gasteiger partial charge on any atom is -0.487 e. The third kappa shape index (κ3) is 2.78. The first kappa shape index (κ1) is 15.2. The number of rotatable bonds is 2. The zero-order chi connectivity index (χ0) is 16.6. The molecule has 1 atom stereocenters. The van der Waals surface area contributed by atoms with Gasteiger partial charge >= 0.3 is 0 Å². The summed E-state index contributed by atoms with van der Waals surface area (Å²) in [6.45, 7) is 3.16. The monoisotopic (exact) mass is 328 g/mol. The van der Waals surface area contributed by atoms with E-state index in [2.05, 4.69) is 10.5 Å². The van der Waals surface area contributed by atoms with Crippen LogP contribution in [-0.2, 0) is 4.74 Å². The molecule has 2 aliphatic rings. The molecule has 1 spiro atoms. The molecule has 1 aromatic heterocycles. The predicted molar refractivity (Wildman–Crippen MR) is 85.9 cm³/mol. The zero-order valence-electron chi connectivity index (χ0n) is 13.6. The van der Waals surface area contributed by atoms with E-state index in [1.54, 1.807) is 13.0 Å². The number of amides is 1. The van der Waals surface area contributed by atoms with E-state index in [4.69, 9.17) is 14.0 Å². The highest BCUT2D eigenvalue weighted by Gasteiger charge is 2.42. The fraction of sp³-hybridized carbons (Fsp3) is 0.444. The van der Waals surface area contributed by atoms with Crippen molar-refractivity contribution in [3.05, 3.63) is 47.3 Å². The van der Waals surface area contributed by atoms with Crippen molar-refractivity contribution in [1.29, 1.82) is 0 Å². The molecule has 1 amide bonds. The number of aromatic nitrogens is 1. The minimum absolute atomic E-state index is 0.119. The van der Waals surface area contributed by atoms with E-state index in [1.165, 1.54) is 0 Å². The summed E-state index contributed by atoms with van der Waals surface area (Å²) in [5.41, 5.74) is 1.41. The molecule has 126 valence electrons. The number of carbonyl (C=O) groups excluding carboxylic acids is 1. The number of benzene rings is 1. The molecule has 1 aromatic carbocycles. The molecule has 6 heteroatoms. The summed E-state index contributed by atoms with van der Waals surface area (Å²) in [6.07, 6.45) is 2.39. The lowest BCUT2D eigenvalue weighted by Gasteiger charge is -2.44. The maximum Gasteiger partial charge on any atom is 0.290 e.